The number of aromatic nitrogens is 4. The Balaban J connectivity index is 1.39. The average Bonchev–Trinajstić information content (AvgIpc) is 3.46. The molecule has 3 N–H and O–H groups in total. The summed E-state index contributed by atoms with van der Waals surface area (Å²) in [6, 6.07) is 11.9. The SMILES string of the molecule is CN1CCN(c2ccc(Nc3ncc(-c4ccc(C(N)=O)s4)n4ncnc34)cc2)CC1. The van der Waals surface area contributed by atoms with E-state index in [1.807, 2.05) is 6.07 Å². The van der Waals surface area contributed by atoms with Crippen LogP contribution in [0.4, 0.5) is 17.2 Å². The number of carbonyl (C=O) groups is 1. The predicted molar refractivity (Wildman–Crippen MR) is 122 cm³/mol. The van der Waals surface area contributed by atoms with Crippen LogP contribution < -0.4 is 16.0 Å². The maximum atomic E-state index is 11.4. The summed E-state index contributed by atoms with van der Waals surface area (Å²) in [7, 11) is 2.16. The molecule has 10 heteroatoms. The second-order valence-electron chi connectivity index (χ2n) is 7.48. The van der Waals surface area contributed by atoms with Gasteiger partial charge in [-0.1, -0.05) is 0 Å². The predicted octanol–water partition coefficient (Wildman–Crippen LogP) is 2.45. The Morgan fingerprint density at radius 3 is 2.55 bits per heavy atom. The van der Waals surface area contributed by atoms with Crippen LogP contribution in [-0.2, 0) is 0 Å². The Kier molecular flexibility index (Phi) is 5.00. The van der Waals surface area contributed by atoms with Crippen molar-refractivity contribution in [3.63, 3.8) is 0 Å². The van der Waals surface area contributed by atoms with Gasteiger partial charge in [-0.2, -0.15) is 5.10 Å². The normalized spacial score (nSPS) is 14.8. The Morgan fingerprint density at radius 2 is 1.84 bits per heavy atom. The van der Waals surface area contributed by atoms with Gasteiger partial charge in [-0.25, -0.2) is 14.5 Å². The number of primary amides is 1. The molecule has 1 aromatic carbocycles. The van der Waals surface area contributed by atoms with E-state index in [2.05, 4.69) is 61.5 Å². The van der Waals surface area contributed by atoms with Gasteiger partial charge < -0.3 is 20.9 Å². The topological polar surface area (TPSA) is 105 Å². The number of anilines is 3. The third-order valence-electron chi connectivity index (χ3n) is 5.40. The van der Waals surface area contributed by atoms with Crippen molar-refractivity contribution in [2.24, 2.45) is 5.73 Å². The second kappa shape index (κ2) is 7.97. The Hall–Kier alpha value is -3.50. The molecule has 0 saturated carbocycles. The van der Waals surface area contributed by atoms with E-state index in [0.717, 1.165) is 42.4 Å². The molecule has 0 radical (unpaired) electrons. The van der Waals surface area contributed by atoms with Crippen LogP contribution in [0.15, 0.2) is 48.9 Å². The fourth-order valence-corrected chi connectivity index (χ4v) is 4.49. The van der Waals surface area contributed by atoms with E-state index in [0.29, 0.717) is 16.3 Å². The van der Waals surface area contributed by atoms with Gasteiger partial charge in [-0.05, 0) is 43.4 Å². The highest BCUT2D eigenvalue weighted by molar-refractivity contribution is 7.17. The largest absolute Gasteiger partial charge is 0.369 e. The van der Waals surface area contributed by atoms with Crippen molar-refractivity contribution in [2.75, 3.05) is 43.4 Å². The lowest BCUT2D eigenvalue weighted by atomic mass is 10.2. The lowest BCUT2D eigenvalue weighted by Gasteiger charge is -2.34. The number of fused-ring (bicyclic) bond motifs is 1. The fraction of sp³-hybridized carbons (Fsp3) is 0.238. The molecule has 158 valence electrons. The minimum Gasteiger partial charge on any atom is -0.369 e. The van der Waals surface area contributed by atoms with E-state index in [4.69, 9.17) is 5.73 Å². The maximum absolute atomic E-state index is 11.4. The van der Waals surface area contributed by atoms with E-state index in [-0.39, 0.29) is 0 Å². The van der Waals surface area contributed by atoms with Gasteiger partial charge in [0.15, 0.2) is 11.5 Å². The van der Waals surface area contributed by atoms with Crippen LogP contribution >= 0.6 is 11.3 Å². The number of benzene rings is 1. The first-order valence-corrected chi connectivity index (χ1v) is 10.8. The molecule has 0 bridgehead atoms. The van der Waals surface area contributed by atoms with Gasteiger partial charge in [0.05, 0.1) is 16.0 Å². The minimum absolute atomic E-state index is 0.447. The molecule has 4 heterocycles. The molecule has 1 aliphatic heterocycles. The number of nitrogens with zero attached hydrogens (tertiary/aromatic N) is 6. The summed E-state index contributed by atoms with van der Waals surface area (Å²) < 4.78 is 1.71. The number of thiophene rings is 1. The van der Waals surface area contributed by atoms with Crippen LogP contribution in [-0.4, -0.2) is 63.6 Å². The molecular weight excluding hydrogens is 412 g/mol. The number of likely N-dealkylation sites (N-methyl/N-ethyl adjacent to an activating group) is 1. The number of piperazine rings is 1. The summed E-state index contributed by atoms with van der Waals surface area (Å²) in [5.74, 6) is 0.164. The Labute approximate surface area is 183 Å². The van der Waals surface area contributed by atoms with E-state index >= 15 is 0 Å². The summed E-state index contributed by atoms with van der Waals surface area (Å²) in [5.41, 5.74) is 8.88. The van der Waals surface area contributed by atoms with Crippen molar-refractivity contribution in [3.05, 3.63) is 53.8 Å². The molecule has 4 aromatic rings. The van der Waals surface area contributed by atoms with Gasteiger partial charge >= 0.3 is 0 Å². The standard InChI is InChI=1S/C21H22N8OS/c1-27-8-10-28(11-9-27)15-4-2-14(3-5-15)26-20-21-24-13-25-29(21)16(12-23-20)17-6-7-18(31-17)19(22)30/h2-7,12-13H,8-11H2,1H3,(H2,22,30)(H,23,26). The van der Waals surface area contributed by atoms with Crippen molar-refractivity contribution in [1.29, 1.82) is 0 Å². The third kappa shape index (κ3) is 3.82. The average molecular weight is 435 g/mol. The van der Waals surface area contributed by atoms with E-state index in [9.17, 15) is 4.79 Å². The monoisotopic (exact) mass is 434 g/mol. The van der Waals surface area contributed by atoms with Gasteiger partial charge in [-0.15, -0.1) is 11.3 Å². The Bertz CT molecular complexity index is 1220. The molecule has 1 aliphatic rings. The maximum Gasteiger partial charge on any atom is 0.258 e. The summed E-state index contributed by atoms with van der Waals surface area (Å²) in [6.45, 7) is 4.22. The number of rotatable bonds is 5. The molecule has 1 saturated heterocycles. The van der Waals surface area contributed by atoms with Crippen molar-refractivity contribution in [2.45, 2.75) is 0 Å². The zero-order chi connectivity index (χ0) is 21.4. The summed E-state index contributed by atoms with van der Waals surface area (Å²) in [4.78, 5) is 26.4. The quantitative estimate of drug-likeness (QED) is 0.497. The summed E-state index contributed by atoms with van der Waals surface area (Å²) >= 11 is 1.31. The summed E-state index contributed by atoms with van der Waals surface area (Å²) in [5, 5.41) is 7.68. The van der Waals surface area contributed by atoms with Gasteiger partial charge in [0.2, 0.25) is 0 Å². The van der Waals surface area contributed by atoms with Gasteiger partial charge in [0, 0.05) is 37.6 Å². The van der Waals surface area contributed by atoms with Gasteiger partial charge in [-0.3, -0.25) is 4.79 Å². The highest BCUT2D eigenvalue weighted by Gasteiger charge is 2.16. The fourth-order valence-electron chi connectivity index (χ4n) is 3.64. The third-order valence-corrected chi connectivity index (χ3v) is 6.53. The summed E-state index contributed by atoms with van der Waals surface area (Å²) in [6.07, 6.45) is 3.21. The van der Waals surface area contributed by atoms with Crippen LogP contribution in [0.25, 0.3) is 16.2 Å². The first kappa shape index (κ1) is 19.5. The number of amides is 1. The Morgan fingerprint density at radius 1 is 1.06 bits per heavy atom. The first-order valence-electron chi connectivity index (χ1n) is 9.98. The second-order valence-corrected chi connectivity index (χ2v) is 8.56. The lowest BCUT2D eigenvalue weighted by Crippen LogP contribution is -2.44. The molecule has 1 amide bonds. The van der Waals surface area contributed by atoms with Crippen LogP contribution in [0.3, 0.4) is 0 Å². The van der Waals surface area contributed by atoms with Crippen molar-refractivity contribution >= 4 is 40.1 Å². The first-order chi connectivity index (χ1) is 15.1. The molecule has 0 unspecified atom stereocenters. The minimum atomic E-state index is -0.447. The smallest absolute Gasteiger partial charge is 0.258 e. The molecule has 31 heavy (non-hydrogen) atoms. The highest BCUT2D eigenvalue weighted by Crippen LogP contribution is 2.30. The lowest BCUT2D eigenvalue weighted by molar-refractivity contribution is 0.100. The van der Waals surface area contributed by atoms with Crippen LogP contribution in [0.5, 0.6) is 0 Å². The van der Waals surface area contributed by atoms with Crippen LogP contribution in [0.1, 0.15) is 9.67 Å². The molecule has 5 rings (SSSR count). The molecular formula is C21H22N8OS. The molecule has 0 aliphatic carbocycles. The number of hydrogen-bond acceptors (Lipinski definition) is 8. The number of nitrogens with one attached hydrogen (secondary N) is 1. The van der Waals surface area contributed by atoms with Crippen LogP contribution in [0.2, 0.25) is 0 Å². The number of nitrogens with two attached hydrogens (primary N) is 1. The molecule has 0 spiro atoms. The van der Waals surface area contributed by atoms with Crippen molar-refractivity contribution < 1.29 is 4.79 Å². The van der Waals surface area contributed by atoms with E-state index in [1.54, 1.807) is 16.8 Å². The van der Waals surface area contributed by atoms with E-state index < -0.39 is 5.91 Å². The number of hydrogen-bond donors (Lipinski definition) is 2. The zero-order valence-corrected chi connectivity index (χ0v) is 17.8. The number of carbonyl (C=O) groups excluding carboxylic acids is 1. The highest BCUT2D eigenvalue weighted by atomic mass is 32.1. The molecule has 0 atom stereocenters. The van der Waals surface area contributed by atoms with Gasteiger partial charge in [0.1, 0.15) is 12.0 Å². The molecule has 1 fully saturated rings. The van der Waals surface area contributed by atoms with Crippen LogP contribution in [0, 0.1) is 0 Å². The van der Waals surface area contributed by atoms with Crippen molar-refractivity contribution in [1.82, 2.24) is 24.5 Å². The van der Waals surface area contributed by atoms with Gasteiger partial charge in [0.25, 0.3) is 5.91 Å². The molecule has 3 aromatic heterocycles. The zero-order valence-electron chi connectivity index (χ0n) is 17.0. The van der Waals surface area contributed by atoms with E-state index in [1.165, 1.54) is 23.4 Å². The van der Waals surface area contributed by atoms with Crippen molar-refractivity contribution in [3.8, 4) is 10.6 Å². The molecule has 9 nitrogen and oxygen atoms in total.